The van der Waals surface area contributed by atoms with Crippen LogP contribution in [-0.4, -0.2) is 54.3 Å². The van der Waals surface area contributed by atoms with Crippen molar-refractivity contribution >= 4 is 23.6 Å². The van der Waals surface area contributed by atoms with Gasteiger partial charge in [0.2, 0.25) is 11.8 Å². The first-order valence-corrected chi connectivity index (χ1v) is 13.7. The smallest absolute Gasteiger partial charge is 0.240 e. The lowest BCUT2D eigenvalue weighted by atomic mass is 9.86. The van der Waals surface area contributed by atoms with Crippen molar-refractivity contribution in [3.63, 3.8) is 0 Å². The third kappa shape index (κ3) is 5.35. The molecule has 5 rings (SSSR count). The minimum absolute atomic E-state index is 0.0384. The number of amides is 2. The summed E-state index contributed by atoms with van der Waals surface area (Å²) in [5.41, 5.74) is 3.50. The molecular weight excluding hydrogens is 470 g/mol. The Morgan fingerprint density at radius 1 is 0.842 bits per heavy atom. The highest BCUT2D eigenvalue weighted by atomic mass is 16.2. The molecule has 2 aliphatic rings. The summed E-state index contributed by atoms with van der Waals surface area (Å²) < 4.78 is 0. The lowest BCUT2D eigenvalue weighted by Gasteiger charge is -2.40. The molecule has 0 saturated carbocycles. The van der Waals surface area contributed by atoms with Crippen molar-refractivity contribution < 1.29 is 9.59 Å². The lowest BCUT2D eigenvalue weighted by molar-refractivity contribution is -0.125. The average Bonchev–Trinajstić information content (AvgIpc) is 3.19. The van der Waals surface area contributed by atoms with Crippen LogP contribution in [0, 0.1) is 5.41 Å². The molecule has 0 aliphatic carbocycles. The van der Waals surface area contributed by atoms with Gasteiger partial charge in [0.15, 0.2) is 0 Å². The van der Waals surface area contributed by atoms with Crippen LogP contribution in [0.2, 0.25) is 0 Å². The van der Waals surface area contributed by atoms with E-state index in [1.807, 2.05) is 44.2 Å². The first-order chi connectivity index (χ1) is 18.5. The predicted molar refractivity (Wildman–Crippen MR) is 154 cm³/mol. The van der Waals surface area contributed by atoms with Crippen LogP contribution >= 0.6 is 0 Å². The molecule has 38 heavy (non-hydrogen) atoms. The second kappa shape index (κ2) is 11.5. The van der Waals surface area contributed by atoms with E-state index in [1.54, 1.807) is 0 Å². The van der Waals surface area contributed by atoms with Crippen molar-refractivity contribution in [3.8, 4) is 0 Å². The van der Waals surface area contributed by atoms with Crippen LogP contribution in [0.4, 0.5) is 5.69 Å². The third-order valence-electron chi connectivity index (χ3n) is 8.12. The van der Waals surface area contributed by atoms with Crippen LogP contribution < -0.4 is 4.90 Å². The monoisotopic (exact) mass is 507 g/mol. The Kier molecular flexibility index (Phi) is 7.87. The van der Waals surface area contributed by atoms with Gasteiger partial charge >= 0.3 is 0 Å². The number of imide groups is 1. The van der Waals surface area contributed by atoms with Crippen LogP contribution in [0.3, 0.4) is 0 Å². The zero-order chi connectivity index (χ0) is 26.5. The van der Waals surface area contributed by atoms with E-state index in [9.17, 15) is 9.59 Å². The predicted octanol–water partition coefficient (Wildman–Crippen LogP) is 5.79. The molecular formula is C33H37N3O2. The van der Waals surface area contributed by atoms with Gasteiger partial charge in [0.05, 0.1) is 17.1 Å². The topological polar surface area (TPSA) is 43.9 Å². The highest BCUT2D eigenvalue weighted by Gasteiger charge is 2.48. The van der Waals surface area contributed by atoms with Crippen molar-refractivity contribution in [2.75, 3.05) is 37.6 Å². The lowest BCUT2D eigenvalue weighted by Crippen LogP contribution is -2.48. The number of nitrogens with zero attached hydrogens (tertiary/aromatic N) is 3. The number of piperazine rings is 1. The quantitative estimate of drug-likeness (QED) is 0.362. The molecule has 196 valence electrons. The van der Waals surface area contributed by atoms with Crippen LogP contribution in [0.25, 0.3) is 6.08 Å². The van der Waals surface area contributed by atoms with Crippen molar-refractivity contribution in [1.29, 1.82) is 0 Å². The van der Waals surface area contributed by atoms with Crippen molar-refractivity contribution in [2.24, 2.45) is 5.41 Å². The van der Waals surface area contributed by atoms with Crippen LogP contribution in [0.5, 0.6) is 0 Å². The summed E-state index contributed by atoms with van der Waals surface area (Å²) in [6.45, 7) is 8.54. The maximum atomic E-state index is 13.5. The number of anilines is 1. The van der Waals surface area contributed by atoms with Gasteiger partial charge in [-0.2, -0.15) is 0 Å². The molecule has 0 aromatic heterocycles. The molecule has 2 heterocycles. The minimum Gasteiger partial charge on any atom is -0.297 e. The zero-order valence-corrected chi connectivity index (χ0v) is 22.4. The molecule has 2 fully saturated rings. The van der Waals surface area contributed by atoms with E-state index in [2.05, 4.69) is 76.5 Å². The summed E-state index contributed by atoms with van der Waals surface area (Å²) >= 11 is 0. The molecule has 0 radical (unpaired) electrons. The van der Waals surface area contributed by atoms with Gasteiger partial charge in [-0.05, 0) is 29.2 Å². The third-order valence-corrected chi connectivity index (χ3v) is 8.12. The van der Waals surface area contributed by atoms with E-state index in [0.717, 1.165) is 44.0 Å². The summed E-state index contributed by atoms with van der Waals surface area (Å²) in [7, 11) is 0. The van der Waals surface area contributed by atoms with E-state index in [1.165, 1.54) is 16.0 Å². The summed E-state index contributed by atoms with van der Waals surface area (Å²) in [6.07, 6.45) is 5.34. The first-order valence-electron chi connectivity index (χ1n) is 13.7. The van der Waals surface area contributed by atoms with Gasteiger partial charge in [0, 0.05) is 39.1 Å². The van der Waals surface area contributed by atoms with E-state index >= 15 is 0 Å². The molecule has 3 aromatic carbocycles. The Balaban J connectivity index is 1.39. The van der Waals surface area contributed by atoms with Gasteiger partial charge < -0.3 is 0 Å². The Hall–Kier alpha value is -3.54. The molecule has 2 aliphatic heterocycles. The fourth-order valence-corrected chi connectivity index (χ4v) is 5.64. The van der Waals surface area contributed by atoms with Crippen molar-refractivity contribution in [1.82, 2.24) is 9.80 Å². The number of hydrogen-bond acceptors (Lipinski definition) is 4. The normalized spacial score (nSPS) is 21.9. The largest absolute Gasteiger partial charge is 0.297 e. The molecule has 0 N–H and O–H groups in total. The first kappa shape index (κ1) is 26.1. The molecule has 2 amide bonds. The maximum Gasteiger partial charge on any atom is 0.240 e. The maximum absolute atomic E-state index is 13.5. The van der Waals surface area contributed by atoms with E-state index in [-0.39, 0.29) is 24.3 Å². The Bertz CT molecular complexity index is 1280. The molecule has 2 saturated heterocycles. The van der Waals surface area contributed by atoms with Gasteiger partial charge in [-0.15, -0.1) is 0 Å². The Morgan fingerprint density at radius 2 is 1.47 bits per heavy atom. The second-order valence-corrected chi connectivity index (χ2v) is 10.6. The fraction of sp³-hybridized carbons (Fsp3) is 0.333. The molecule has 0 spiro atoms. The molecule has 5 nitrogen and oxygen atoms in total. The number of carbonyl (C=O) groups is 2. The molecule has 0 bridgehead atoms. The fourth-order valence-electron chi connectivity index (χ4n) is 5.64. The van der Waals surface area contributed by atoms with Gasteiger partial charge in [0.25, 0.3) is 0 Å². The van der Waals surface area contributed by atoms with Crippen molar-refractivity contribution in [2.45, 2.75) is 32.7 Å². The Morgan fingerprint density at radius 3 is 2.13 bits per heavy atom. The standard InChI is InChI=1S/C33H37N3O2/c1-3-33(2)25-30(37)36(32(33)38)29-19-11-10-18-28(29)31(27-16-8-5-9-17-27)35-23-21-34(22-24-35)20-12-15-26-13-6-4-7-14-26/h4-19,31H,3,20-25H2,1-2H3/b15-12+. The Labute approximate surface area is 226 Å². The van der Waals surface area contributed by atoms with Gasteiger partial charge in [-0.1, -0.05) is 105 Å². The van der Waals surface area contributed by atoms with Gasteiger partial charge in [-0.25, -0.2) is 4.90 Å². The van der Waals surface area contributed by atoms with Crippen LogP contribution in [0.15, 0.2) is 91.0 Å². The number of hydrogen-bond donors (Lipinski definition) is 0. The number of para-hydroxylation sites is 1. The van der Waals surface area contributed by atoms with Crippen molar-refractivity contribution in [3.05, 3.63) is 108 Å². The van der Waals surface area contributed by atoms with Crippen LogP contribution in [0.1, 0.15) is 49.4 Å². The number of carbonyl (C=O) groups excluding carboxylic acids is 2. The number of benzene rings is 3. The summed E-state index contributed by atoms with van der Waals surface area (Å²) in [6, 6.07) is 28.8. The zero-order valence-electron chi connectivity index (χ0n) is 22.4. The molecule has 2 unspecified atom stereocenters. The summed E-state index contributed by atoms with van der Waals surface area (Å²) in [5.74, 6) is -0.187. The SMILES string of the molecule is CCC1(C)CC(=O)N(c2ccccc2C(c2ccccc2)N2CCN(C/C=C/c3ccccc3)CC2)C1=O. The minimum atomic E-state index is -0.634. The van der Waals surface area contributed by atoms with Crippen LogP contribution in [-0.2, 0) is 9.59 Å². The van der Waals surface area contributed by atoms with Gasteiger partial charge in [-0.3, -0.25) is 19.4 Å². The summed E-state index contributed by atoms with van der Waals surface area (Å²) in [5, 5.41) is 0. The van der Waals surface area contributed by atoms with Gasteiger partial charge in [0.1, 0.15) is 0 Å². The number of rotatable bonds is 8. The van der Waals surface area contributed by atoms with E-state index in [0.29, 0.717) is 6.42 Å². The highest BCUT2D eigenvalue weighted by Crippen LogP contribution is 2.42. The molecule has 5 heteroatoms. The summed E-state index contributed by atoms with van der Waals surface area (Å²) in [4.78, 5) is 33.1. The second-order valence-electron chi connectivity index (χ2n) is 10.6. The average molecular weight is 508 g/mol. The molecule has 2 atom stereocenters. The van der Waals surface area contributed by atoms with E-state index < -0.39 is 5.41 Å². The highest BCUT2D eigenvalue weighted by molar-refractivity contribution is 6.22. The van der Waals surface area contributed by atoms with E-state index in [4.69, 9.17) is 0 Å². The molecule has 3 aromatic rings.